The summed E-state index contributed by atoms with van der Waals surface area (Å²) in [6, 6.07) is 2.98. The molecule has 0 bridgehead atoms. The highest BCUT2D eigenvalue weighted by Gasteiger charge is 2.34. The maximum atomic E-state index is 13.7. The third-order valence-corrected chi connectivity index (χ3v) is 3.37. The van der Waals surface area contributed by atoms with Gasteiger partial charge in [0, 0.05) is 19.0 Å². The Balaban J connectivity index is 2.31. The number of nitrogens with zero attached hydrogens (tertiary/aromatic N) is 1. The molecule has 0 aliphatic carbocycles. The highest BCUT2D eigenvalue weighted by molar-refractivity contribution is 6.08. The van der Waals surface area contributed by atoms with Crippen LogP contribution in [0.4, 0.5) is 14.5 Å². The third kappa shape index (κ3) is 2.64. The van der Waals surface area contributed by atoms with Crippen LogP contribution in [-0.2, 0) is 9.59 Å². The molecule has 1 atom stereocenters. The molecule has 1 amide bonds. The van der Waals surface area contributed by atoms with E-state index in [9.17, 15) is 18.4 Å². The van der Waals surface area contributed by atoms with Gasteiger partial charge in [-0.15, -0.1) is 0 Å². The summed E-state index contributed by atoms with van der Waals surface area (Å²) in [6.45, 7) is 2.00. The fourth-order valence-corrected chi connectivity index (χ4v) is 2.35. The number of carbonyl (C=O) groups excluding carboxylic acids is 2. The van der Waals surface area contributed by atoms with Crippen molar-refractivity contribution in [2.75, 3.05) is 11.4 Å². The fraction of sp³-hybridized carbons (Fsp3) is 0.429. The van der Waals surface area contributed by atoms with Gasteiger partial charge in [-0.05, 0) is 25.0 Å². The van der Waals surface area contributed by atoms with E-state index >= 15 is 0 Å². The van der Waals surface area contributed by atoms with Crippen LogP contribution in [0.2, 0.25) is 0 Å². The monoisotopic (exact) mass is 267 g/mol. The van der Waals surface area contributed by atoms with Gasteiger partial charge < -0.3 is 4.90 Å². The minimum absolute atomic E-state index is 0.0846. The van der Waals surface area contributed by atoms with E-state index in [0.717, 1.165) is 18.2 Å². The number of piperidine rings is 1. The number of ketones is 1. The number of carbonyl (C=O) groups is 2. The van der Waals surface area contributed by atoms with Gasteiger partial charge in [0.15, 0.2) is 0 Å². The molecule has 5 heteroatoms. The molecule has 102 valence electrons. The Kier molecular flexibility index (Phi) is 3.93. The normalized spacial score (nSPS) is 19.6. The predicted molar refractivity (Wildman–Crippen MR) is 66.7 cm³/mol. The molecule has 0 unspecified atom stereocenters. The molecule has 1 heterocycles. The SMILES string of the molecule is CCC(=O)[C@@H]1CCCN(c2cc(F)ccc2F)C1=O. The molecule has 1 aromatic rings. The summed E-state index contributed by atoms with van der Waals surface area (Å²) in [7, 11) is 0. The molecule has 0 spiro atoms. The maximum absolute atomic E-state index is 13.7. The average molecular weight is 267 g/mol. The number of amides is 1. The van der Waals surface area contributed by atoms with Crippen molar-refractivity contribution in [1.82, 2.24) is 0 Å². The average Bonchev–Trinajstić information content (AvgIpc) is 2.41. The van der Waals surface area contributed by atoms with Crippen LogP contribution in [0.1, 0.15) is 26.2 Å². The fourth-order valence-electron chi connectivity index (χ4n) is 2.35. The number of anilines is 1. The second-order valence-corrected chi connectivity index (χ2v) is 4.60. The molecule has 0 radical (unpaired) electrons. The second-order valence-electron chi connectivity index (χ2n) is 4.60. The molecule has 1 saturated heterocycles. The van der Waals surface area contributed by atoms with Gasteiger partial charge in [-0.2, -0.15) is 0 Å². The lowest BCUT2D eigenvalue weighted by Gasteiger charge is -2.31. The van der Waals surface area contributed by atoms with E-state index in [1.165, 1.54) is 4.90 Å². The first-order valence-corrected chi connectivity index (χ1v) is 6.33. The number of hydrogen-bond acceptors (Lipinski definition) is 2. The maximum Gasteiger partial charge on any atom is 0.237 e. The molecule has 3 nitrogen and oxygen atoms in total. The summed E-state index contributed by atoms with van der Waals surface area (Å²) in [5, 5.41) is 0. The first-order chi connectivity index (χ1) is 9.04. The Bertz CT molecular complexity index is 516. The van der Waals surface area contributed by atoms with Crippen LogP contribution in [0, 0.1) is 17.6 Å². The quantitative estimate of drug-likeness (QED) is 0.790. The van der Waals surface area contributed by atoms with Gasteiger partial charge in [0.2, 0.25) is 5.91 Å². The molecule has 19 heavy (non-hydrogen) atoms. The van der Waals surface area contributed by atoms with Crippen LogP contribution >= 0.6 is 0 Å². The van der Waals surface area contributed by atoms with Gasteiger partial charge in [0.1, 0.15) is 17.4 Å². The van der Waals surface area contributed by atoms with Crippen molar-refractivity contribution in [3.05, 3.63) is 29.8 Å². The van der Waals surface area contributed by atoms with Crippen molar-refractivity contribution in [3.63, 3.8) is 0 Å². The van der Waals surface area contributed by atoms with E-state index in [-0.39, 0.29) is 17.9 Å². The van der Waals surface area contributed by atoms with Crippen LogP contribution in [0.3, 0.4) is 0 Å². The highest BCUT2D eigenvalue weighted by atomic mass is 19.1. The topological polar surface area (TPSA) is 37.4 Å². The molecule has 1 aromatic carbocycles. The van der Waals surface area contributed by atoms with E-state index in [1.807, 2.05) is 0 Å². The molecule has 1 fully saturated rings. The minimum Gasteiger partial charge on any atom is -0.309 e. The Labute approximate surface area is 110 Å². The van der Waals surface area contributed by atoms with E-state index in [0.29, 0.717) is 19.4 Å². The zero-order valence-electron chi connectivity index (χ0n) is 10.7. The third-order valence-electron chi connectivity index (χ3n) is 3.37. The molecule has 2 rings (SSSR count). The highest BCUT2D eigenvalue weighted by Crippen LogP contribution is 2.28. The zero-order valence-corrected chi connectivity index (χ0v) is 10.7. The summed E-state index contributed by atoms with van der Waals surface area (Å²) in [4.78, 5) is 25.1. The second kappa shape index (κ2) is 5.47. The van der Waals surface area contributed by atoms with Crippen molar-refractivity contribution in [2.24, 2.45) is 5.92 Å². The summed E-state index contributed by atoms with van der Waals surface area (Å²) < 4.78 is 26.9. The van der Waals surface area contributed by atoms with Crippen molar-refractivity contribution >= 4 is 17.4 Å². The summed E-state index contributed by atoms with van der Waals surface area (Å²) >= 11 is 0. The number of halogens is 2. The predicted octanol–water partition coefficient (Wildman–Crippen LogP) is 2.69. The number of Topliss-reactive ketones (excluding diaryl/α,β-unsaturated/α-hetero) is 1. The zero-order chi connectivity index (χ0) is 14.0. The van der Waals surface area contributed by atoms with E-state index in [1.54, 1.807) is 6.92 Å². The summed E-state index contributed by atoms with van der Waals surface area (Å²) in [5.74, 6) is -2.55. The Morgan fingerprint density at radius 3 is 2.84 bits per heavy atom. The summed E-state index contributed by atoms with van der Waals surface area (Å²) in [5.41, 5.74) is -0.0846. The van der Waals surface area contributed by atoms with E-state index in [2.05, 4.69) is 0 Å². The van der Waals surface area contributed by atoms with Gasteiger partial charge in [-0.25, -0.2) is 8.78 Å². The Hall–Kier alpha value is -1.78. The van der Waals surface area contributed by atoms with Crippen molar-refractivity contribution < 1.29 is 18.4 Å². The Morgan fingerprint density at radius 2 is 2.16 bits per heavy atom. The van der Waals surface area contributed by atoms with Crippen LogP contribution in [-0.4, -0.2) is 18.2 Å². The number of hydrogen-bond donors (Lipinski definition) is 0. The van der Waals surface area contributed by atoms with E-state index in [4.69, 9.17) is 0 Å². The first-order valence-electron chi connectivity index (χ1n) is 6.33. The largest absolute Gasteiger partial charge is 0.309 e. The molecule has 0 N–H and O–H groups in total. The van der Waals surface area contributed by atoms with Crippen LogP contribution in [0.15, 0.2) is 18.2 Å². The molecule has 1 aliphatic rings. The summed E-state index contributed by atoms with van der Waals surface area (Å²) in [6.07, 6.45) is 1.37. The molecule has 0 aromatic heterocycles. The van der Waals surface area contributed by atoms with Crippen LogP contribution < -0.4 is 4.90 Å². The van der Waals surface area contributed by atoms with Gasteiger partial charge in [-0.1, -0.05) is 6.92 Å². The molecule has 0 saturated carbocycles. The van der Waals surface area contributed by atoms with Crippen molar-refractivity contribution in [1.29, 1.82) is 0 Å². The van der Waals surface area contributed by atoms with Crippen molar-refractivity contribution in [2.45, 2.75) is 26.2 Å². The standard InChI is InChI=1S/C14H15F2NO2/c1-2-13(18)10-4-3-7-17(14(10)19)12-8-9(15)5-6-11(12)16/h5-6,8,10H,2-4,7H2,1H3/t10-/m0/s1. The smallest absolute Gasteiger partial charge is 0.237 e. The lowest BCUT2D eigenvalue weighted by Crippen LogP contribution is -2.44. The lowest BCUT2D eigenvalue weighted by molar-refractivity contribution is -0.133. The molecular formula is C14H15F2NO2. The first kappa shape index (κ1) is 13.6. The molecule has 1 aliphatic heterocycles. The number of rotatable bonds is 3. The van der Waals surface area contributed by atoms with Gasteiger partial charge in [-0.3, -0.25) is 9.59 Å². The van der Waals surface area contributed by atoms with Gasteiger partial charge >= 0.3 is 0 Å². The van der Waals surface area contributed by atoms with Crippen LogP contribution in [0.25, 0.3) is 0 Å². The van der Waals surface area contributed by atoms with Gasteiger partial charge in [0.05, 0.1) is 11.6 Å². The van der Waals surface area contributed by atoms with Crippen LogP contribution in [0.5, 0.6) is 0 Å². The number of benzene rings is 1. The lowest BCUT2D eigenvalue weighted by atomic mass is 9.91. The van der Waals surface area contributed by atoms with E-state index < -0.39 is 23.5 Å². The minimum atomic E-state index is -0.721. The molecular weight excluding hydrogens is 252 g/mol. The Morgan fingerprint density at radius 1 is 1.42 bits per heavy atom. The van der Waals surface area contributed by atoms with Gasteiger partial charge in [0.25, 0.3) is 0 Å². The van der Waals surface area contributed by atoms with Crippen molar-refractivity contribution in [3.8, 4) is 0 Å².